The number of aromatic nitrogens is 1. The molecule has 0 radical (unpaired) electrons. The molecule has 12 heavy (non-hydrogen) atoms. The van der Waals surface area contributed by atoms with E-state index in [0.29, 0.717) is 4.73 Å². The molecule has 4 nitrogen and oxygen atoms in total. The summed E-state index contributed by atoms with van der Waals surface area (Å²) in [7, 11) is -3.25. The Labute approximate surface area is 78.5 Å². The van der Waals surface area contributed by atoms with Crippen LogP contribution in [-0.2, 0) is 9.84 Å². The largest absolute Gasteiger partial charge is 0.619 e. The highest BCUT2D eigenvalue weighted by molar-refractivity contribution is 9.10. The number of hydrogen-bond acceptors (Lipinski definition) is 3. The van der Waals surface area contributed by atoms with Crippen molar-refractivity contribution in [2.45, 2.75) is 4.90 Å². The molecule has 1 rings (SSSR count). The summed E-state index contributed by atoms with van der Waals surface area (Å²) in [4.78, 5) is 0.120. The molecule has 0 saturated carbocycles. The van der Waals surface area contributed by atoms with Gasteiger partial charge in [-0.2, -0.15) is 4.73 Å². The van der Waals surface area contributed by atoms with Crippen molar-refractivity contribution in [3.05, 3.63) is 28.1 Å². The summed E-state index contributed by atoms with van der Waals surface area (Å²) in [6.07, 6.45) is 3.37. The minimum absolute atomic E-state index is 0.120. The molecule has 0 spiro atoms. The summed E-state index contributed by atoms with van der Waals surface area (Å²) >= 11 is 2.98. The van der Waals surface area contributed by atoms with Crippen LogP contribution in [-0.4, -0.2) is 14.7 Å². The molecule has 0 bridgehead atoms. The van der Waals surface area contributed by atoms with Crippen LogP contribution >= 0.6 is 15.9 Å². The lowest BCUT2D eigenvalue weighted by Crippen LogP contribution is -2.24. The third-order valence-electron chi connectivity index (χ3n) is 1.25. The van der Waals surface area contributed by atoms with E-state index in [1.165, 1.54) is 6.07 Å². The summed E-state index contributed by atoms with van der Waals surface area (Å²) in [6.45, 7) is 0. The number of nitrogens with zero attached hydrogens (tertiary/aromatic N) is 1. The SMILES string of the molecule is CS(=O)(=O)c1cc[n+]([O-])cc1Br. The minimum Gasteiger partial charge on any atom is -0.619 e. The van der Waals surface area contributed by atoms with E-state index in [4.69, 9.17) is 0 Å². The molecule has 0 aliphatic carbocycles. The Morgan fingerprint density at radius 3 is 2.58 bits per heavy atom. The quantitative estimate of drug-likeness (QED) is 0.539. The van der Waals surface area contributed by atoms with E-state index in [0.717, 1.165) is 18.6 Å². The molecular weight excluding hydrogens is 246 g/mol. The third-order valence-corrected chi connectivity index (χ3v) is 3.30. The molecule has 1 heterocycles. The fraction of sp³-hybridized carbons (Fsp3) is 0.167. The number of rotatable bonds is 1. The van der Waals surface area contributed by atoms with Crippen LogP contribution in [0.15, 0.2) is 27.8 Å². The van der Waals surface area contributed by atoms with Gasteiger partial charge in [0.15, 0.2) is 22.2 Å². The first-order valence-corrected chi connectivity index (χ1v) is 5.68. The van der Waals surface area contributed by atoms with E-state index < -0.39 is 9.84 Å². The topological polar surface area (TPSA) is 61.1 Å². The van der Waals surface area contributed by atoms with Gasteiger partial charge in [-0.25, -0.2) is 8.42 Å². The summed E-state index contributed by atoms with van der Waals surface area (Å²) in [5.74, 6) is 0. The van der Waals surface area contributed by atoms with Gasteiger partial charge >= 0.3 is 0 Å². The molecule has 1 aromatic rings. The van der Waals surface area contributed by atoms with E-state index in [2.05, 4.69) is 15.9 Å². The van der Waals surface area contributed by atoms with Crippen LogP contribution in [0.5, 0.6) is 0 Å². The molecule has 0 N–H and O–H groups in total. The van der Waals surface area contributed by atoms with Crippen molar-refractivity contribution in [3.63, 3.8) is 0 Å². The van der Waals surface area contributed by atoms with Crippen molar-refractivity contribution in [1.82, 2.24) is 0 Å². The first-order valence-electron chi connectivity index (χ1n) is 2.99. The third kappa shape index (κ3) is 1.95. The van der Waals surface area contributed by atoms with Gasteiger partial charge in [-0.1, -0.05) is 0 Å². The lowest BCUT2D eigenvalue weighted by atomic mass is 10.5. The maximum absolute atomic E-state index is 11.0. The van der Waals surface area contributed by atoms with Gasteiger partial charge in [0, 0.05) is 12.3 Å². The zero-order chi connectivity index (χ0) is 9.35. The summed E-state index contributed by atoms with van der Waals surface area (Å²) < 4.78 is 22.9. The monoisotopic (exact) mass is 251 g/mol. The number of halogens is 1. The molecule has 0 aromatic carbocycles. The molecular formula is C6H6BrNO3S. The predicted molar refractivity (Wildman–Crippen MR) is 46.2 cm³/mol. The summed E-state index contributed by atoms with van der Waals surface area (Å²) in [6, 6.07) is 1.26. The predicted octanol–water partition coefficient (Wildman–Crippen LogP) is 0.486. The highest BCUT2D eigenvalue weighted by Gasteiger charge is 2.13. The Morgan fingerprint density at radius 1 is 1.58 bits per heavy atom. The van der Waals surface area contributed by atoms with Gasteiger partial charge in [0.2, 0.25) is 0 Å². The van der Waals surface area contributed by atoms with E-state index in [-0.39, 0.29) is 9.37 Å². The average molecular weight is 252 g/mol. The molecule has 0 saturated heterocycles. The average Bonchev–Trinajstić information content (AvgIpc) is 1.83. The number of pyridine rings is 1. The van der Waals surface area contributed by atoms with Gasteiger partial charge < -0.3 is 5.21 Å². The molecule has 0 unspecified atom stereocenters. The maximum Gasteiger partial charge on any atom is 0.195 e. The van der Waals surface area contributed by atoms with Crippen molar-refractivity contribution in [2.75, 3.05) is 6.26 Å². The normalized spacial score (nSPS) is 11.5. The smallest absolute Gasteiger partial charge is 0.195 e. The molecule has 0 aliphatic heterocycles. The zero-order valence-corrected chi connectivity index (χ0v) is 8.59. The number of sulfone groups is 1. The molecule has 6 heteroatoms. The summed E-state index contributed by atoms with van der Waals surface area (Å²) in [5.41, 5.74) is 0. The van der Waals surface area contributed by atoms with Crippen molar-refractivity contribution < 1.29 is 13.1 Å². The number of hydrogen-bond donors (Lipinski definition) is 0. The highest BCUT2D eigenvalue weighted by atomic mass is 79.9. The van der Waals surface area contributed by atoms with Crippen LogP contribution in [0.2, 0.25) is 0 Å². The first-order chi connectivity index (χ1) is 5.41. The fourth-order valence-electron chi connectivity index (χ4n) is 0.740. The first kappa shape index (κ1) is 9.47. The van der Waals surface area contributed by atoms with Crippen molar-refractivity contribution in [1.29, 1.82) is 0 Å². The minimum atomic E-state index is -3.25. The van der Waals surface area contributed by atoms with Crippen molar-refractivity contribution >= 4 is 25.8 Å². The summed E-state index contributed by atoms with van der Waals surface area (Å²) in [5, 5.41) is 10.7. The maximum atomic E-state index is 11.0. The molecule has 66 valence electrons. The molecule has 1 aromatic heterocycles. The van der Waals surface area contributed by atoms with Crippen LogP contribution < -0.4 is 4.73 Å². The van der Waals surface area contributed by atoms with Crippen molar-refractivity contribution in [3.8, 4) is 0 Å². The van der Waals surface area contributed by atoms with Gasteiger partial charge in [0.05, 0.1) is 4.90 Å². The van der Waals surface area contributed by atoms with Gasteiger partial charge in [0.25, 0.3) is 0 Å². The second kappa shape index (κ2) is 3.02. The Kier molecular flexibility index (Phi) is 2.39. The molecule has 0 amide bonds. The second-order valence-electron chi connectivity index (χ2n) is 2.29. The van der Waals surface area contributed by atoms with Crippen LogP contribution in [0, 0.1) is 5.21 Å². The van der Waals surface area contributed by atoms with Crippen LogP contribution in [0.1, 0.15) is 0 Å². The van der Waals surface area contributed by atoms with E-state index in [9.17, 15) is 13.6 Å². The Hall–Kier alpha value is -0.620. The van der Waals surface area contributed by atoms with Crippen molar-refractivity contribution in [2.24, 2.45) is 0 Å². The van der Waals surface area contributed by atoms with Crippen LogP contribution in [0.4, 0.5) is 0 Å². The fourth-order valence-corrected chi connectivity index (χ4v) is 2.67. The lowest BCUT2D eigenvalue weighted by Gasteiger charge is -2.00. The van der Waals surface area contributed by atoms with E-state index >= 15 is 0 Å². The van der Waals surface area contributed by atoms with Crippen LogP contribution in [0.3, 0.4) is 0 Å². The standard InChI is InChI=1S/C6H6BrNO3S/c1-12(10,11)6-2-3-8(9)4-5(6)7/h2-4H,1H3. The second-order valence-corrected chi connectivity index (χ2v) is 5.13. The van der Waals surface area contributed by atoms with Gasteiger partial charge in [0.1, 0.15) is 4.47 Å². The van der Waals surface area contributed by atoms with Gasteiger partial charge in [-0.05, 0) is 15.9 Å². The van der Waals surface area contributed by atoms with Gasteiger partial charge in [-0.15, -0.1) is 0 Å². The molecule has 0 aliphatic rings. The van der Waals surface area contributed by atoms with Crippen LogP contribution in [0.25, 0.3) is 0 Å². The zero-order valence-electron chi connectivity index (χ0n) is 6.19. The van der Waals surface area contributed by atoms with E-state index in [1.54, 1.807) is 0 Å². The molecule has 0 fully saturated rings. The lowest BCUT2D eigenvalue weighted by molar-refractivity contribution is -0.606. The highest BCUT2D eigenvalue weighted by Crippen LogP contribution is 2.18. The Morgan fingerprint density at radius 2 is 2.17 bits per heavy atom. The van der Waals surface area contributed by atoms with Gasteiger partial charge in [-0.3, -0.25) is 0 Å². The Balaban J connectivity index is 3.39. The van der Waals surface area contributed by atoms with E-state index in [1.807, 2.05) is 0 Å². The molecule has 0 atom stereocenters. The Bertz CT molecular complexity index is 401.